The number of rotatable bonds is 3. The molecule has 0 bridgehead atoms. The average molecular weight is 192 g/mol. The molecule has 0 saturated heterocycles. The van der Waals surface area contributed by atoms with Crippen molar-refractivity contribution >= 4 is 5.78 Å². The second kappa shape index (κ2) is 5.79. The van der Waals surface area contributed by atoms with Crippen molar-refractivity contribution in [2.24, 2.45) is 0 Å². The van der Waals surface area contributed by atoms with E-state index in [2.05, 4.69) is 19.1 Å². The van der Waals surface area contributed by atoms with E-state index in [0.717, 1.165) is 37.7 Å². The van der Waals surface area contributed by atoms with Gasteiger partial charge in [-0.25, -0.2) is 0 Å². The van der Waals surface area contributed by atoms with Crippen molar-refractivity contribution in [1.82, 2.24) is 0 Å². The van der Waals surface area contributed by atoms with Gasteiger partial charge in [-0.2, -0.15) is 0 Å². The van der Waals surface area contributed by atoms with Gasteiger partial charge in [0.25, 0.3) is 0 Å². The minimum Gasteiger partial charge on any atom is -0.295 e. The maximum Gasteiger partial charge on any atom is 0.158 e. The minimum atomic E-state index is 0.363. The molecule has 0 aliphatic heterocycles. The molecule has 1 nitrogen and oxygen atoms in total. The van der Waals surface area contributed by atoms with Gasteiger partial charge in [-0.3, -0.25) is 4.79 Å². The highest BCUT2D eigenvalue weighted by Gasteiger charge is 2.13. The van der Waals surface area contributed by atoms with Gasteiger partial charge in [0.1, 0.15) is 0 Å². The van der Waals surface area contributed by atoms with E-state index >= 15 is 0 Å². The third-order valence-electron chi connectivity index (χ3n) is 2.85. The molecule has 0 unspecified atom stereocenters. The van der Waals surface area contributed by atoms with Crippen LogP contribution in [-0.4, -0.2) is 5.78 Å². The standard InChI is InChI=1S/C13H20O/c1-3-4-5-8-12-9-6-7-10-13(14)11(12)2/h4-5H,3,6-10H2,1-2H3. The molecule has 0 N–H and O–H groups in total. The highest BCUT2D eigenvalue weighted by Crippen LogP contribution is 2.23. The molecule has 0 radical (unpaired) electrons. The Morgan fingerprint density at radius 1 is 1.21 bits per heavy atom. The van der Waals surface area contributed by atoms with E-state index in [9.17, 15) is 4.79 Å². The molecule has 0 amide bonds. The first-order valence-corrected chi connectivity index (χ1v) is 5.62. The molecule has 78 valence electrons. The summed E-state index contributed by atoms with van der Waals surface area (Å²) < 4.78 is 0. The summed E-state index contributed by atoms with van der Waals surface area (Å²) in [6.07, 6.45) is 10.5. The summed E-state index contributed by atoms with van der Waals surface area (Å²) in [7, 11) is 0. The average Bonchev–Trinajstić information content (AvgIpc) is 2.33. The fourth-order valence-corrected chi connectivity index (χ4v) is 1.84. The topological polar surface area (TPSA) is 17.1 Å². The molecule has 0 aromatic rings. The first-order valence-electron chi connectivity index (χ1n) is 5.62. The molecule has 1 aliphatic carbocycles. The van der Waals surface area contributed by atoms with E-state index in [1.54, 1.807) is 0 Å². The van der Waals surface area contributed by atoms with Crippen LogP contribution in [0.5, 0.6) is 0 Å². The SMILES string of the molecule is CCC=CCC1=C(C)C(=O)CCCC1. The second-order valence-electron chi connectivity index (χ2n) is 3.94. The molecule has 1 rings (SSSR count). The molecule has 0 atom stereocenters. The third kappa shape index (κ3) is 3.13. The first-order chi connectivity index (χ1) is 6.75. The predicted molar refractivity (Wildman–Crippen MR) is 60.2 cm³/mol. The number of Topliss-reactive ketones (excluding diaryl/α,β-unsaturated/α-hetero) is 1. The van der Waals surface area contributed by atoms with Crippen molar-refractivity contribution in [2.75, 3.05) is 0 Å². The maximum absolute atomic E-state index is 11.6. The first kappa shape index (κ1) is 11.2. The summed E-state index contributed by atoms with van der Waals surface area (Å²) in [5.74, 6) is 0.363. The lowest BCUT2D eigenvalue weighted by Gasteiger charge is -2.04. The van der Waals surface area contributed by atoms with E-state index in [4.69, 9.17) is 0 Å². The van der Waals surface area contributed by atoms with Crippen molar-refractivity contribution in [1.29, 1.82) is 0 Å². The number of hydrogen-bond acceptors (Lipinski definition) is 1. The Morgan fingerprint density at radius 3 is 2.64 bits per heavy atom. The molecule has 0 aromatic carbocycles. The van der Waals surface area contributed by atoms with Crippen LogP contribution in [0.4, 0.5) is 0 Å². The molecule has 0 heterocycles. The van der Waals surface area contributed by atoms with Crippen LogP contribution in [0.3, 0.4) is 0 Å². The van der Waals surface area contributed by atoms with Gasteiger partial charge < -0.3 is 0 Å². The lowest BCUT2D eigenvalue weighted by Crippen LogP contribution is -1.99. The van der Waals surface area contributed by atoms with Gasteiger partial charge in [-0.1, -0.05) is 24.6 Å². The minimum absolute atomic E-state index is 0.363. The fraction of sp³-hybridized carbons (Fsp3) is 0.615. The van der Waals surface area contributed by atoms with Gasteiger partial charge in [0.15, 0.2) is 5.78 Å². The van der Waals surface area contributed by atoms with E-state index < -0.39 is 0 Å². The van der Waals surface area contributed by atoms with Crippen molar-refractivity contribution in [3.8, 4) is 0 Å². The highest BCUT2D eigenvalue weighted by molar-refractivity contribution is 5.95. The second-order valence-corrected chi connectivity index (χ2v) is 3.94. The summed E-state index contributed by atoms with van der Waals surface area (Å²) in [5, 5.41) is 0. The lowest BCUT2D eigenvalue weighted by molar-refractivity contribution is -0.115. The molecule has 0 fully saturated rings. The van der Waals surface area contributed by atoms with Gasteiger partial charge in [0, 0.05) is 6.42 Å². The summed E-state index contributed by atoms with van der Waals surface area (Å²) in [5.41, 5.74) is 2.39. The van der Waals surface area contributed by atoms with Crippen LogP contribution >= 0.6 is 0 Å². The summed E-state index contributed by atoms with van der Waals surface area (Å²) >= 11 is 0. The molecule has 1 heteroatoms. The van der Waals surface area contributed by atoms with E-state index in [1.165, 1.54) is 12.0 Å². The Labute approximate surface area is 86.9 Å². The monoisotopic (exact) mass is 192 g/mol. The molecular formula is C13H20O. The molecular weight excluding hydrogens is 172 g/mol. The Kier molecular flexibility index (Phi) is 4.64. The molecule has 0 aromatic heterocycles. The van der Waals surface area contributed by atoms with Crippen LogP contribution in [0.15, 0.2) is 23.3 Å². The van der Waals surface area contributed by atoms with Crippen molar-refractivity contribution < 1.29 is 4.79 Å². The number of ketones is 1. The van der Waals surface area contributed by atoms with E-state index in [-0.39, 0.29) is 0 Å². The maximum atomic E-state index is 11.6. The Hall–Kier alpha value is -0.850. The van der Waals surface area contributed by atoms with Gasteiger partial charge in [-0.05, 0) is 44.6 Å². The van der Waals surface area contributed by atoms with E-state index in [1.807, 2.05) is 6.92 Å². The highest BCUT2D eigenvalue weighted by atomic mass is 16.1. The molecule has 1 aliphatic rings. The van der Waals surface area contributed by atoms with Gasteiger partial charge in [0.05, 0.1) is 0 Å². The largest absolute Gasteiger partial charge is 0.295 e. The zero-order valence-electron chi connectivity index (χ0n) is 9.31. The Morgan fingerprint density at radius 2 is 1.93 bits per heavy atom. The third-order valence-corrected chi connectivity index (χ3v) is 2.85. The van der Waals surface area contributed by atoms with Crippen LogP contribution in [0, 0.1) is 0 Å². The number of carbonyl (C=O) groups excluding carboxylic acids is 1. The van der Waals surface area contributed by atoms with Gasteiger partial charge in [0.2, 0.25) is 0 Å². The number of hydrogen-bond donors (Lipinski definition) is 0. The zero-order valence-corrected chi connectivity index (χ0v) is 9.31. The van der Waals surface area contributed by atoms with Crippen LogP contribution < -0.4 is 0 Å². The quantitative estimate of drug-likeness (QED) is 0.621. The van der Waals surface area contributed by atoms with Crippen LogP contribution in [0.1, 0.15) is 52.4 Å². The zero-order chi connectivity index (χ0) is 10.4. The van der Waals surface area contributed by atoms with Crippen LogP contribution in [-0.2, 0) is 4.79 Å². The summed E-state index contributed by atoms with van der Waals surface area (Å²) in [4.78, 5) is 11.6. The van der Waals surface area contributed by atoms with Crippen LogP contribution in [0.2, 0.25) is 0 Å². The van der Waals surface area contributed by atoms with Crippen molar-refractivity contribution in [3.63, 3.8) is 0 Å². The molecule has 0 spiro atoms. The van der Waals surface area contributed by atoms with Crippen molar-refractivity contribution in [3.05, 3.63) is 23.3 Å². The number of carbonyl (C=O) groups is 1. The smallest absolute Gasteiger partial charge is 0.158 e. The van der Waals surface area contributed by atoms with E-state index in [0.29, 0.717) is 5.78 Å². The Bertz CT molecular complexity index is 258. The predicted octanol–water partition coefficient (Wildman–Crippen LogP) is 3.80. The molecule has 0 saturated carbocycles. The molecule has 14 heavy (non-hydrogen) atoms. The normalized spacial score (nSPS) is 19.1. The summed E-state index contributed by atoms with van der Waals surface area (Å²) in [6, 6.07) is 0. The van der Waals surface area contributed by atoms with Gasteiger partial charge >= 0.3 is 0 Å². The van der Waals surface area contributed by atoms with Gasteiger partial charge in [-0.15, -0.1) is 0 Å². The number of allylic oxidation sites excluding steroid dienone is 4. The lowest BCUT2D eigenvalue weighted by atomic mass is 10.0. The fourth-order valence-electron chi connectivity index (χ4n) is 1.84. The Balaban J connectivity index is 2.66. The van der Waals surface area contributed by atoms with Crippen LogP contribution in [0.25, 0.3) is 0 Å². The summed E-state index contributed by atoms with van der Waals surface area (Å²) in [6.45, 7) is 4.12. The van der Waals surface area contributed by atoms with Crippen molar-refractivity contribution in [2.45, 2.75) is 52.4 Å².